The van der Waals surface area contributed by atoms with Crippen molar-refractivity contribution >= 4 is 51.9 Å². The summed E-state index contributed by atoms with van der Waals surface area (Å²) in [4.78, 5) is 26.3. The van der Waals surface area contributed by atoms with Crippen LogP contribution >= 0.6 is 34.4 Å². The summed E-state index contributed by atoms with van der Waals surface area (Å²) >= 11 is 3.41. The zero-order valence-corrected chi connectivity index (χ0v) is 23.3. The Balaban J connectivity index is 2.48. The number of carbonyl (C=O) groups excluding carboxylic acids is 2. The molecule has 0 radical (unpaired) electrons. The summed E-state index contributed by atoms with van der Waals surface area (Å²) in [5.41, 5.74) is -7.60. The fourth-order valence-corrected chi connectivity index (χ4v) is 5.44. The molecule has 0 aliphatic carbocycles. The molecule has 0 saturated heterocycles. The number of benzene rings is 2. The average Bonchev–Trinajstić information content (AvgIpc) is 2.71. The van der Waals surface area contributed by atoms with Crippen LogP contribution in [0.15, 0.2) is 30.3 Å². The van der Waals surface area contributed by atoms with Crippen molar-refractivity contribution in [2.45, 2.75) is 51.3 Å². The van der Waals surface area contributed by atoms with Crippen LogP contribution in [-0.2, 0) is 5.67 Å². The van der Waals surface area contributed by atoms with Crippen LogP contribution in [0.3, 0.4) is 0 Å². The second-order valence-corrected chi connectivity index (χ2v) is 11.1. The molecule has 0 spiro atoms. The largest absolute Gasteiger partial charge is 0.435 e. The lowest BCUT2D eigenvalue weighted by molar-refractivity contribution is -0.348. The Morgan fingerprint density at radius 1 is 0.919 bits per heavy atom. The SMILES string of the molecule is CSCC(C)(C)NC(=O)c1c(I)cc(C)cc1C(=O)Nc1ccc(C(F)(C(F)(F)F)C(F)(F)F)cc1C. The summed E-state index contributed by atoms with van der Waals surface area (Å²) < 4.78 is 93.5. The zero-order chi connectivity index (χ0) is 28.6. The molecule has 37 heavy (non-hydrogen) atoms. The van der Waals surface area contributed by atoms with Gasteiger partial charge >= 0.3 is 18.0 Å². The number of carbonyl (C=O) groups is 2. The van der Waals surface area contributed by atoms with E-state index in [1.54, 1.807) is 26.8 Å². The molecule has 0 aliphatic heterocycles. The molecule has 4 nitrogen and oxygen atoms in total. The topological polar surface area (TPSA) is 58.2 Å². The van der Waals surface area contributed by atoms with Crippen molar-refractivity contribution in [3.8, 4) is 0 Å². The van der Waals surface area contributed by atoms with E-state index in [9.17, 15) is 40.3 Å². The van der Waals surface area contributed by atoms with Gasteiger partial charge in [-0.05, 0) is 85.9 Å². The minimum Gasteiger partial charge on any atom is -0.346 e. The summed E-state index contributed by atoms with van der Waals surface area (Å²) in [5.74, 6) is -0.762. The quantitative estimate of drug-likeness (QED) is 0.241. The number of aryl methyl sites for hydroxylation is 2. The Morgan fingerprint density at radius 3 is 1.97 bits per heavy atom. The minimum atomic E-state index is -6.26. The molecule has 13 heteroatoms. The highest BCUT2D eigenvalue weighted by atomic mass is 127. The van der Waals surface area contributed by atoms with E-state index >= 15 is 0 Å². The van der Waals surface area contributed by atoms with Crippen molar-refractivity contribution in [2.75, 3.05) is 17.3 Å². The van der Waals surface area contributed by atoms with Crippen molar-refractivity contribution in [1.82, 2.24) is 5.32 Å². The van der Waals surface area contributed by atoms with E-state index in [-0.39, 0.29) is 22.4 Å². The van der Waals surface area contributed by atoms with Gasteiger partial charge in [0.05, 0.1) is 11.1 Å². The second-order valence-electron chi connectivity index (χ2n) is 9.08. The summed E-state index contributed by atoms with van der Waals surface area (Å²) in [6, 6.07) is 4.59. The van der Waals surface area contributed by atoms with Gasteiger partial charge in [0, 0.05) is 26.1 Å². The lowest BCUT2D eigenvalue weighted by Gasteiger charge is -2.30. The van der Waals surface area contributed by atoms with Gasteiger partial charge in [-0.2, -0.15) is 38.1 Å². The fraction of sp³-hybridized carbons (Fsp3) is 0.417. The molecule has 0 saturated carbocycles. The molecule has 0 bridgehead atoms. The molecule has 0 fully saturated rings. The van der Waals surface area contributed by atoms with Crippen molar-refractivity contribution in [3.63, 3.8) is 0 Å². The Labute approximate surface area is 227 Å². The van der Waals surface area contributed by atoms with Gasteiger partial charge in [-0.1, -0.05) is 12.1 Å². The van der Waals surface area contributed by atoms with E-state index in [1.165, 1.54) is 17.8 Å². The maximum Gasteiger partial charge on any atom is 0.435 e. The summed E-state index contributed by atoms with van der Waals surface area (Å²) in [6.45, 7) is 6.43. The lowest BCUT2D eigenvalue weighted by Crippen LogP contribution is -2.50. The number of nitrogens with one attached hydrogen (secondary N) is 2. The Hall–Kier alpha value is -2.03. The van der Waals surface area contributed by atoms with Gasteiger partial charge in [-0.15, -0.1) is 0 Å². The van der Waals surface area contributed by atoms with E-state index in [0.717, 1.165) is 13.0 Å². The summed E-state index contributed by atoms with van der Waals surface area (Å²) in [6.07, 6.45) is -10.6. The van der Waals surface area contributed by atoms with Gasteiger partial charge in [0.2, 0.25) is 0 Å². The van der Waals surface area contributed by atoms with Crippen LogP contribution in [0.25, 0.3) is 0 Å². The minimum absolute atomic E-state index is 0.0456. The first-order valence-corrected chi connectivity index (χ1v) is 13.1. The normalized spacial score (nSPS) is 12.9. The molecule has 0 heterocycles. The van der Waals surface area contributed by atoms with Crippen LogP contribution in [0.2, 0.25) is 0 Å². The molecule has 2 N–H and O–H groups in total. The first-order chi connectivity index (χ1) is 16.7. The Kier molecular flexibility index (Phi) is 9.26. The first kappa shape index (κ1) is 31.2. The van der Waals surface area contributed by atoms with E-state index < -0.39 is 40.9 Å². The molecular formula is C24H24F7IN2O2S. The molecule has 2 aromatic rings. The average molecular weight is 664 g/mol. The van der Waals surface area contributed by atoms with Crippen molar-refractivity contribution in [3.05, 3.63) is 61.7 Å². The Bertz CT molecular complexity index is 1180. The lowest BCUT2D eigenvalue weighted by atomic mass is 9.92. The van der Waals surface area contributed by atoms with Gasteiger partial charge in [-0.25, -0.2) is 4.39 Å². The van der Waals surface area contributed by atoms with Crippen LogP contribution in [0.5, 0.6) is 0 Å². The molecule has 2 aromatic carbocycles. The van der Waals surface area contributed by atoms with E-state index in [1.807, 2.05) is 28.8 Å². The van der Waals surface area contributed by atoms with E-state index in [0.29, 0.717) is 27.0 Å². The van der Waals surface area contributed by atoms with Crippen LogP contribution in [-0.4, -0.2) is 41.7 Å². The van der Waals surface area contributed by atoms with Gasteiger partial charge < -0.3 is 10.6 Å². The fourth-order valence-electron chi connectivity index (χ4n) is 3.61. The molecular weight excluding hydrogens is 640 g/mol. The van der Waals surface area contributed by atoms with E-state index in [4.69, 9.17) is 0 Å². The monoisotopic (exact) mass is 664 g/mol. The predicted octanol–water partition coefficient (Wildman–Crippen LogP) is 7.32. The highest BCUT2D eigenvalue weighted by Gasteiger charge is 2.73. The van der Waals surface area contributed by atoms with Crippen LogP contribution in [0.4, 0.5) is 36.4 Å². The van der Waals surface area contributed by atoms with Crippen molar-refractivity contribution in [2.24, 2.45) is 0 Å². The van der Waals surface area contributed by atoms with Crippen LogP contribution < -0.4 is 10.6 Å². The van der Waals surface area contributed by atoms with Gasteiger partial charge in [-0.3, -0.25) is 9.59 Å². The van der Waals surface area contributed by atoms with Crippen molar-refractivity contribution < 1.29 is 40.3 Å². The molecule has 0 unspecified atom stereocenters. The number of thioether (sulfide) groups is 1. The number of halogens is 8. The number of alkyl halides is 7. The third-order valence-corrected chi connectivity index (χ3v) is 7.18. The van der Waals surface area contributed by atoms with E-state index in [2.05, 4.69) is 10.6 Å². The van der Waals surface area contributed by atoms with Gasteiger partial charge in [0.1, 0.15) is 0 Å². The number of rotatable bonds is 7. The Morgan fingerprint density at radius 2 is 1.49 bits per heavy atom. The van der Waals surface area contributed by atoms with Crippen LogP contribution in [0.1, 0.15) is 51.3 Å². The summed E-state index contributed by atoms with van der Waals surface area (Å²) in [7, 11) is 0. The first-order valence-electron chi connectivity index (χ1n) is 10.6. The van der Waals surface area contributed by atoms with Crippen molar-refractivity contribution in [1.29, 1.82) is 0 Å². The molecule has 2 amide bonds. The standard InChI is InChI=1S/C24H24F7IN2O2S/c1-12-8-15(18(16(32)9-12)20(36)34-21(3,4)11-37-5)19(35)33-17-7-6-14(10-13(17)2)22(25,23(26,27)28)24(29,30)31/h6-10H,11H2,1-5H3,(H,33,35)(H,34,36). The molecule has 0 atom stereocenters. The highest BCUT2D eigenvalue weighted by molar-refractivity contribution is 14.1. The maximum atomic E-state index is 14.4. The third-order valence-electron chi connectivity index (χ3n) is 5.32. The third kappa shape index (κ3) is 6.70. The smallest absolute Gasteiger partial charge is 0.346 e. The second kappa shape index (κ2) is 11.0. The molecule has 0 aliphatic rings. The molecule has 2 rings (SSSR count). The highest BCUT2D eigenvalue weighted by Crippen LogP contribution is 2.53. The van der Waals surface area contributed by atoms with Gasteiger partial charge in [0.25, 0.3) is 11.8 Å². The van der Waals surface area contributed by atoms with Crippen LogP contribution in [0, 0.1) is 17.4 Å². The zero-order valence-electron chi connectivity index (χ0n) is 20.3. The number of hydrogen-bond acceptors (Lipinski definition) is 3. The predicted molar refractivity (Wildman–Crippen MR) is 138 cm³/mol. The maximum absolute atomic E-state index is 14.4. The molecule has 0 aromatic heterocycles. The number of hydrogen-bond donors (Lipinski definition) is 2. The van der Waals surface area contributed by atoms with Gasteiger partial charge in [0.15, 0.2) is 0 Å². The summed E-state index contributed by atoms with van der Waals surface area (Å²) in [5, 5.41) is 5.27. The number of anilines is 1. The number of amides is 2. The molecule has 204 valence electrons.